The molecule has 1 aromatic carbocycles. The van der Waals surface area contributed by atoms with E-state index in [-0.39, 0.29) is 5.01 Å². The van der Waals surface area contributed by atoms with Crippen molar-refractivity contribution in [2.45, 2.75) is 31.2 Å². The van der Waals surface area contributed by atoms with Crippen molar-refractivity contribution in [1.82, 2.24) is 4.98 Å². The van der Waals surface area contributed by atoms with Gasteiger partial charge in [0.05, 0.1) is 10.7 Å². The molecule has 3 nitrogen and oxygen atoms in total. The van der Waals surface area contributed by atoms with E-state index in [1.807, 2.05) is 30.3 Å². The van der Waals surface area contributed by atoms with E-state index < -0.39 is 24.2 Å². The lowest BCUT2D eigenvalue weighted by Crippen LogP contribution is -2.58. The van der Waals surface area contributed by atoms with Crippen LogP contribution in [0.4, 0.5) is 13.2 Å². The number of aliphatic hydroxyl groups is 1. The van der Waals surface area contributed by atoms with Crippen LogP contribution in [0.3, 0.4) is 0 Å². The van der Waals surface area contributed by atoms with Crippen molar-refractivity contribution in [2.75, 3.05) is 0 Å². The number of aromatic nitrogens is 1. The molecule has 1 heterocycles. The van der Waals surface area contributed by atoms with Gasteiger partial charge >= 0.3 is 6.18 Å². The zero-order valence-electron chi connectivity index (χ0n) is 11.3. The summed E-state index contributed by atoms with van der Waals surface area (Å²) in [4.78, 5) is 4.16. The van der Waals surface area contributed by atoms with Crippen LogP contribution in [0, 0.1) is 0 Å². The monoisotopic (exact) mass is 316 g/mol. The highest BCUT2D eigenvalue weighted by atomic mass is 32.1. The molecule has 2 unspecified atom stereocenters. The molecule has 0 bridgehead atoms. The van der Waals surface area contributed by atoms with Crippen molar-refractivity contribution in [3.63, 3.8) is 0 Å². The third-order valence-electron chi connectivity index (χ3n) is 3.29. The molecule has 2 aromatic rings. The van der Waals surface area contributed by atoms with E-state index in [2.05, 4.69) is 4.98 Å². The molecular formula is C14H15F3N2OS. The molecule has 0 aliphatic heterocycles. The second-order valence-corrected chi connectivity index (χ2v) is 5.82. The molecule has 0 aliphatic rings. The lowest BCUT2D eigenvalue weighted by molar-refractivity contribution is -0.265. The average Bonchev–Trinajstić information content (AvgIpc) is 2.86. The van der Waals surface area contributed by atoms with Gasteiger partial charge in [-0.15, -0.1) is 11.3 Å². The van der Waals surface area contributed by atoms with Crippen molar-refractivity contribution in [2.24, 2.45) is 5.73 Å². The number of hydrogen-bond acceptors (Lipinski definition) is 4. The first-order chi connectivity index (χ1) is 9.74. The lowest BCUT2D eigenvalue weighted by atomic mass is 9.92. The number of alkyl halides is 3. The van der Waals surface area contributed by atoms with Gasteiger partial charge in [0.1, 0.15) is 0 Å². The van der Waals surface area contributed by atoms with Gasteiger partial charge in [-0.05, 0) is 6.92 Å². The number of hydrogen-bond donors (Lipinski definition) is 2. The number of nitrogens with zero attached hydrogens (tertiary/aromatic N) is 1. The van der Waals surface area contributed by atoms with Gasteiger partial charge in [-0.1, -0.05) is 30.3 Å². The summed E-state index contributed by atoms with van der Waals surface area (Å²) in [5.41, 5.74) is 3.76. The number of rotatable bonds is 4. The highest BCUT2D eigenvalue weighted by Gasteiger charge is 2.56. The lowest BCUT2D eigenvalue weighted by Gasteiger charge is -2.33. The van der Waals surface area contributed by atoms with Gasteiger partial charge < -0.3 is 10.8 Å². The van der Waals surface area contributed by atoms with Crippen LogP contribution in [0.5, 0.6) is 0 Å². The molecule has 2 atom stereocenters. The van der Waals surface area contributed by atoms with Crippen LogP contribution in [0.1, 0.15) is 11.9 Å². The van der Waals surface area contributed by atoms with Crippen molar-refractivity contribution >= 4 is 11.3 Å². The van der Waals surface area contributed by atoms with E-state index in [1.165, 1.54) is 0 Å². The summed E-state index contributed by atoms with van der Waals surface area (Å²) >= 11 is 1.08. The van der Waals surface area contributed by atoms with Gasteiger partial charge in [0.15, 0.2) is 5.60 Å². The topological polar surface area (TPSA) is 59.1 Å². The van der Waals surface area contributed by atoms with Gasteiger partial charge in [0.25, 0.3) is 0 Å². The first-order valence-electron chi connectivity index (χ1n) is 6.28. The molecule has 0 saturated carbocycles. The van der Waals surface area contributed by atoms with Crippen molar-refractivity contribution in [3.8, 4) is 11.3 Å². The Morgan fingerprint density at radius 2 is 1.90 bits per heavy atom. The molecule has 0 spiro atoms. The summed E-state index contributed by atoms with van der Waals surface area (Å²) in [5, 5.41) is 11.7. The fourth-order valence-corrected chi connectivity index (χ4v) is 2.77. The van der Waals surface area contributed by atoms with Gasteiger partial charge in [-0.3, -0.25) is 0 Å². The van der Waals surface area contributed by atoms with Crippen LogP contribution in [-0.2, 0) is 6.42 Å². The Bertz CT molecular complexity index is 598. The number of benzene rings is 1. The Hall–Kier alpha value is -1.44. The van der Waals surface area contributed by atoms with Gasteiger partial charge in [0.2, 0.25) is 0 Å². The zero-order valence-corrected chi connectivity index (χ0v) is 12.1. The standard InChI is InChI=1S/C14H15F3N2OS/c1-9(18)13(20,14(15,16)17)7-12-19-11(8-21-12)10-5-3-2-4-6-10/h2-6,8-9,20H,7,18H2,1H3. The molecule has 114 valence electrons. The first-order valence-corrected chi connectivity index (χ1v) is 7.16. The Morgan fingerprint density at radius 1 is 1.29 bits per heavy atom. The molecule has 1 aromatic heterocycles. The largest absolute Gasteiger partial charge is 0.419 e. The third kappa shape index (κ3) is 3.25. The molecule has 0 saturated heterocycles. The Kier molecular flexibility index (Phi) is 4.36. The second kappa shape index (κ2) is 5.75. The normalized spacial score (nSPS) is 16.5. The van der Waals surface area contributed by atoms with E-state index in [1.54, 1.807) is 5.38 Å². The molecule has 0 amide bonds. The van der Waals surface area contributed by atoms with Gasteiger partial charge in [-0.25, -0.2) is 4.98 Å². The summed E-state index contributed by atoms with van der Waals surface area (Å²) in [6.45, 7) is 1.14. The Balaban J connectivity index is 2.26. The van der Waals surface area contributed by atoms with Crippen molar-refractivity contribution in [1.29, 1.82) is 0 Å². The number of halogens is 3. The molecule has 0 fully saturated rings. The summed E-state index contributed by atoms with van der Waals surface area (Å²) in [6, 6.07) is 7.68. The predicted molar refractivity (Wildman–Crippen MR) is 75.9 cm³/mol. The minimum Gasteiger partial charge on any atom is -0.379 e. The fraction of sp³-hybridized carbons (Fsp3) is 0.357. The minimum absolute atomic E-state index is 0.200. The van der Waals surface area contributed by atoms with Crippen LogP contribution in [0.2, 0.25) is 0 Å². The van der Waals surface area contributed by atoms with Crippen LogP contribution in [0.15, 0.2) is 35.7 Å². The summed E-state index contributed by atoms with van der Waals surface area (Å²) in [5.74, 6) is 0. The Morgan fingerprint density at radius 3 is 2.43 bits per heavy atom. The summed E-state index contributed by atoms with van der Waals surface area (Å²) in [6.07, 6.45) is -5.45. The molecule has 7 heteroatoms. The highest BCUT2D eigenvalue weighted by Crippen LogP contribution is 2.36. The molecule has 3 N–H and O–H groups in total. The maximum atomic E-state index is 13.0. The second-order valence-electron chi connectivity index (χ2n) is 4.88. The zero-order chi connectivity index (χ0) is 15.7. The van der Waals surface area contributed by atoms with Crippen LogP contribution >= 0.6 is 11.3 Å². The summed E-state index contributed by atoms with van der Waals surface area (Å²) in [7, 11) is 0. The fourth-order valence-electron chi connectivity index (χ4n) is 1.88. The molecule has 21 heavy (non-hydrogen) atoms. The van der Waals surface area contributed by atoms with Crippen molar-refractivity contribution < 1.29 is 18.3 Å². The third-order valence-corrected chi connectivity index (χ3v) is 4.14. The number of nitrogens with two attached hydrogens (primary N) is 1. The maximum absolute atomic E-state index is 13.0. The van der Waals surface area contributed by atoms with Crippen LogP contribution < -0.4 is 5.73 Å². The Labute approximate surface area is 124 Å². The van der Waals surface area contributed by atoms with E-state index >= 15 is 0 Å². The van der Waals surface area contributed by atoms with E-state index in [0.29, 0.717) is 5.69 Å². The van der Waals surface area contributed by atoms with E-state index in [0.717, 1.165) is 23.8 Å². The van der Waals surface area contributed by atoms with Crippen molar-refractivity contribution in [3.05, 3.63) is 40.7 Å². The molecular weight excluding hydrogens is 301 g/mol. The van der Waals surface area contributed by atoms with Crippen LogP contribution in [0.25, 0.3) is 11.3 Å². The minimum atomic E-state index is -4.81. The molecule has 2 rings (SSSR count). The maximum Gasteiger partial charge on any atom is 0.419 e. The predicted octanol–water partition coefficient (Wildman–Crippen LogP) is 2.99. The smallest absolute Gasteiger partial charge is 0.379 e. The number of thiazole rings is 1. The van der Waals surface area contributed by atoms with Crippen LogP contribution in [-0.4, -0.2) is 27.9 Å². The molecule has 0 radical (unpaired) electrons. The average molecular weight is 316 g/mol. The quantitative estimate of drug-likeness (QED) is 0.911. The highest BCUT2D eigenvalue weighted by molar-refractivity contribution is 7.09. The first kappa shape index (κ1) is 15.9. The van der Waals surface area contributed by atoms with E-state index in [4.69, 9.17) is 5.73 Å². The van der Waals surface area contributed by atoms with Gasteiger partial charge in [-0.2, -0.15) is 13.2 Å². The summed E-state index contributed by atoms with van der Waals surface area (Å²) < 4.78 is 39.1. The SMILES string of the molecule is CC(N)C(O)(Cc1nc(-c2ccccc2)cs1)C(F)(F)F. The van der Waals surface area contributed by atoms with Gasteiger partial charge in [0, 0.05) is 23.4 Å². The van der Waals surface area contributed by atoms with E-state index in [9.17, 15) is 18.3 Å². The molecule has 0 aliphatic carbocycles.